The molecule has 0 radical (unpaired) electrons. The third-order valence-electron chi connectivity index (χ3n) is 5.84. The molecule has 0 unspecified atom stereocenters. The number of fused-ring (bicyclic) bond motifs is 1. The van der Waals surface area contributed by atoms with Gasteiger partial charge in [-0.25, -0.2) is 4.79 Å². The predicted molar refractivity (Wildman–Crippen MR) is 127 cm³/mol. The van der Waals surface area contributed by atoms with E-state index in [1.165, 1.54) is 15.0 Å². The number of furan rings is 1. The molecule has 1 amide bonds. The molecular weight excluding hydrogens is 408 g/mol. The summed E-state index contributed by atoms with van der Waals surface area (Å²) in [5.74, 6) is 0.0597. The summed E-state index contributed by atoms with van der Waals surface area (Å²) in [5, 5.41) is 0.888. The Bertz CT molecular complexity index is 1250. The molecule has 2 aromatic heterocycles. The third-order valence-corrected chi connectivity index (χ3v) is 5.84. The van der Waals surface area contributed by atoms with Crippen molar-refractivity contribution in [1.29, 1.82) is 0 Å². The van der Waals surface area contributed by atoms with Crippen molar-refractivity contribution in [2.75, 3.05) is 17.2 Å². The lowest BCUT2D eigenvalue weighted by Gasteiger charge is -2.23. The lowest BCUT2D eigenvalue weighted by molar-refractivity contribution is -0.117. The SMILES string of the molecule is CCCCn1c(N)c(N(CC)C(=O)Cc2coc3cc(C)c(C(C)C)cc23)c(=O)[nH]c1=O. The number of anilines is 2. The monoisotopic (exact) mass is 440 g/mol. The second-order valence-corrected chi connectivity index (χ2v) is 8.43. The molecule has 2 heterocycles. The zero-order valence-electron chi connectivity index (χ0n) is 19.4. The summed E-state index contributed by atoms with van der Waals surface area (Å²) in [5.41, 5.74) is 8.81. The van der Waals surface area contributed by atoms with Crippen LogP contribution in [0.3, 0.4) is 0 Å². The zero-order chi connectivity index (χ0) is 23.6. The number of nitrogens with one attached hydrogen (secondary N) is 1. The number of carbonyl (C=O) groups excluding carboxylic acids is 1. The van der Waals surface area contributed by atoms with E-state index in [2.05, 4.69) is 24.9 Å². The van der Waals surface area contributed by atoms with Crippen LogP contribution >= 0.6 is 0 Å². The third kappa shape index (κ3) is 4.35. The molecule has 3 N–H and O–H groups in total. The highest BCUT2D eigenvalue weighted by molar-refractivity contribution is 5.99. The molecule has 0 bridgehead atoms. The Labute approximate surface area is 187 Å². The van der Waals surface area contributed by atoms with Crippen LogP contribution in [-0.4, -0.2) is 22.0 Å². The Kier molecular flexibility index (Phi) is 6.91. The van der Waals surface area contributed by atoms with Crippen LogP contribution in [0.5, 0.6) is 0 Å². The number of amides is 1. The maximum absolute atomic E-state index is 13.3. The molecule has 0 aliphatic rings. The first kappa shape index (κ1) is 23.4. The number of carbonyl (C=O) groups is 1. The summed E-state index contributed by atoms with van der Waals surface area (Å²) in [7, 11) is 0. The van der Waals surface area contributed by atoms with Gasteiger partial charge in [-0.1, -0.05) is 27.2 Å². The van der Waals surface area contributed by atoms with E-state index < -0.39 is 11.2 Å². The van der Waals surface area contributed by atoms with Crippen molar-refractivity contribution in [3.05, 3.63) is 55.9 Å². The minimum Gasteiger partial charge on any atom is -0.464 e. The van der Waals surface area contributed by atoms with Crippen LogP contribution in [0.25, 0.3) is 11.0 Å². The maximum atomic E-state index is 13.3. The first-order chi connectivity index (χ1) is 15.2. The number of nitrogens with zero attached hydrogens (tertiary/aromatic N) is 2. The van der Waals surface area contributed by atoms with Gasteiger partial charge in [0.25, 0.3) is 5.56 Å². The fraction of sp³-hybridized carbons (Fsp3) is 0.458. The van der Waals surface area contributed by atoms with Gasteiger partial charge in [-0.15, -0.1) is 0 Å². The zero-order valence-corrected chi connectivity index (χ0v) is 19.4. The van der Waals surface area contributed by atoms with E-state index in [0.717, 1.165) is 34.9 Å². The van der Waals surface area contributed by atoms with Gasteiger partial charge in [-0.05, 0) is 49.4 Å². The quantitative estimate of drug-likeness (QED) is 0.554. The van der Waals surface area contributed by atoms with E-state index in [9.17, 15) is 14.4 Å². The number of rotatable bonds is 8. The number of aryl methyl sites for hydroxylation is 1. The summed E-state index contributed by atoms with van der Waals surface area (Å²) < 4.78 is 7.02. The van der Waals surface area contributed by atoms with Crippen LogP contribution < -0.4 is 21.9 Å². The second-order valence-electron chi connectivity index (χ2n) is 8.43. The fourth-order valence-corrected chi connectivity index (χ4v) is 4.10. The standard InChI is InChI=1S/C24H32N4O4/c1-6-8-9-28-22(25)21(23(30)26-24(28)31)27(7-2)20(29)11-16-13-32-19-10-15(5)17(14(3)4)12-18(16)19/h10,12-14H,6-9,11,25H2,1-5H3,(H,26,30,31). The molecule has 8 heteroatoms. The molecule has 172 valence electrons. The van der Waals surface area contributed by atoms with Gasteiger partial charge in [0, 0.05) is 24.0 Å². The highest BCUT2D eigenvalue weighted by Crippen LogP contribution is 2.30. The van der Waals surface area contributed by atoms with E-state index >= 15 is 0 Å². The van der Waals surface area contributed by atoms with Crippen molar-refractivity contribution in [3.8, 4) is 0 Å². The Morgan fingerprint density at radius 3 is 2.59 bits per heavy atom. The Balaban J connectivity index is 2.00. The number of likely N-dealkylation sites (N-methyl/N-ethyl adjacent to an activating group) is 1. The molecule has 32 heavy (non-hydrogen) atoms. The van der Waals surface area contributed by atoms with Gasteiger partial charge in [0.15, 0.2) is 5.69 Å². The van der Waals surface area contributed by atoms with Crippen molar-refractivity contribution >= 4 is 28.4 Å². The van der Waals surface area contributed by atoms with Gasteiger partial charge < -0.3 is 15.1 Å². The number of hydrogen-bond acceptors (Lipinski definition) is 5. The molecule has 0 aliphatic heterocycles. The number of hydrogen-bond donors (Lipinski definition) is 2. The number of aromatic amines is 1. The molecule has 0 spiro atoms. The fourth-order valence-electron chi connectivity index (χ4n) is 4.10. The second kappa shape index (κ2) is 9.46. The van der Waals surface area contributed by atoms with Gasteiger partial charge in [0.1, 0.15) is 11.4 Å². The Morgan fingerprint density at radius 1 is 1.25 bits per heavy atom. The normalized spacial score (nSPS) is 11.4. The minimum absolute atomic E-state index is 0.0113. The van der Waals surface area contributed by atoms with Gasteiger partial charge in [0.05, 0.1) is 12.7 Å². The predicted octanol–water partition coefficient (Wildman–Crippen LogP) is 3.69. The average molecular weight is 441 g/mol. The topological polar surface area (TPSA) is 114 Å². The first-order valence-electron chi connectivity index (χ1n) is 11.1. The van der Waals surface area contributed by atoms with E-state index in [1.807, 2.05) is 19.9 Å². The number of nitrogens with two attached hydrogens (primary N) is 1. The van der Waals surface area contributed by atoms with E-state index in [-0.39, 0.29) is 30.4 Å². The van der Waals surface area contributed by atoms with Crippen molar-refractivity contribution in [1.82, 2.24) is 9.55 Å². The van der Waals surface area contributed by atoms with Crippen molar-refractivity contribution in [2.45, 2.75) is 66.3 Å². The molecule has 1 aromatic carbocycles. The molecule has 3 aromatic rings. The molecular formula is C24H32N4O4. The lowest BCUT2D eigenvalue weighted by atomic mass is 9.95. The number of H-pyrrole nitrogens is 1. The van der Waals surface area contributed by atoms with Gasteiger partial charge in [0.2, 0.25) is 5.91 Å². The molecule has 0 aliphatic carbocycles. The van der Waals surface area contributed by atoms with E-state index in [0.29, 0.717) is 12.5 Å². The summed E-state index contributed by atoms with van der Waals surface area (Å²) in [6, 6.07) is 4.06. The molecule has 3 rings (SSSR count). The first-order valence-corrected chi connectivity index (χ1v) is 11.1. The van der Waals surface area contributed by atoms with Crippen molar-refractivity contribution in [3.63, 3.8) is 0 Å². The highest BCUT2D eigenvalue weighted by atomic mass is 16.3. The van der Waals surface area contributed by atoms with Crippen LogP contribution in [0, 0.1) is 6.92 Å². The molecule has 8 nitrogen and oxygen atoms in total. The van der Waals surface area contributed by atoms with Crippen molar-refractivity contribution < 1.29 is 9.21 Å². The van der Waals surface area contributed by atoms with Gasteiger partial charge in [-0.3, -0.25) is 19.1 Å². The number of benzene rings is 1. The van der Waals surface area contributed by atoms with Gasteiger partial charge >= 0.3 is 5.69 Å². The van der Waals surface area contributed by atoms with Crippen LogP contribution in [0.2, 0.25) is 0 Å². The lowest BCUT2D eigenvalue weighted by Crippen LogP contribution is -2.41. The van der Waals surface area contributed by atoms with Gasteiger partial charge in [-0.2, -0.15) is 0 Å². The Morgan fingerprint density at radius 2 is 1.97 bits per heavy atom. The molecule has 0 atom stereocenters. The van der Waals surface area contributed by atoms with Crippen molar-refractivity contribution in [2.24, 2.45) is 0 Å². The molecule has 0 saturated heterocycles. The maximum Gasteiger partial charge on any atom is 0.330 e. The number of nitrogen functional groups attached to an aromatic ring is 1. The summed E-state index contributed by atoms with van der Waals surface area (Å²) in [6.07, 6.45) is 3.24. The number of aromatic nitrogens is 2. The smallest absolute Gasteiger partial charge is 0.330 e. The molecule has 0 fully saturated rings. The summed E-state index contributed by atoms with van der Waals surface area (Å²) in [6.45, 7) is 10.7. The highest BCUT2D eigenvalue weighted by Gasteiger charge is 2.24. The largest absolute Gasteiger partial charge is 0.464 e. The minimum atomic E-state index is -0.662. The summed E-state index contributed by atoms with van der Waals surface area (Å²) in [4.78, 5) is 41.7. The average Bonchev–Trinajstić information content (AvgIpc) is 3.11. The summed E-state index contributed by atoms with van der Waals surface area (Å²) >= 11 is 0. The Hall–Kier alpha value is -3.29. The van der Waals surface area contributed by atoms with Crippen LogP contribution in [0.15, 0.2) is 32.4 Å². The van der Waals surface area contributed by atoms with Crippen LogP contribution in [0.1, 0.15) is 63.1 Å². The van der Waals surface area contributed by atoms with E-state index in [1.54, 1.807) is 13.2 Å². The van der Waals surface area contributed by atoms with Crippen LogP contribution in [0.4, 0.5) is 11.5 Å². The number of unbranched alkanes of at least 4 members (excludes halogenated alkanes) is 1. The van der Waals surface area contributed by atoms with Crippen LogP contribution in [-0.2, 0) is 17.8 Å². The molecule has 0 saturated carbocycles. The van der Waals surface area contributed by atoms with E-state index in [4.69, 9.17) is 10.2 Å².